The number of esters is 1. The molecule has 0 aliphatic carbocycles. The number of nitrogens with zero attached hydrogens (tertiary/aromatic N) is 2. The fraction of sp³-hybridized carbons (Fsp3) is 0.429. The van der Waals surface area contributed by atoms with Crippen molar-refractivity contribution in [2.75, 3.05) is 6.61 Å². The standard InChI is InChI=1S/C14H18N2O3/c1-4-15-8-7-11-10(13(15)17)9-12(16(11)5-2)14(18)19-6-3/h7-9H,4-6H2,1-3H3. The highest BCUT2D eigenvalue weighted by Crippen LogP contribution is 2.17. The summed E-state index contributed by atoms with van der Waals surface area (Å²) in [4.78, 5) is 24.1. The van der Waals surface area contributed by atoms with Crippen molar-refractivity contribution in [3.05, 3.63) is 34.4 Å². The molecule has 2 heterocycles. The van der Waals surface area contributed by atoms with E-state index in [-0.39, 0.29) is 11.5 Å². The molecule has 0 aliphatic rings. The zero-order chi connectivity index (χ0) is 14.0. The summed E-state index contributed by atoms with van der Waals surface area (Å²) < 4.78 is 8.46. The molecule has 5 heteroatoms. The van der Waals surface area contributed by atoms with Gasteiger partial charge >= 0.3 is 5.97 Å². The Hall–Kier alpha value is -2.04. The molecule has 0 aromatic carbocycles. The molecule has 0 unspecified atom stereocenters. The number of ether oxygens (including phenoxy) is 1. The molecule has 102 valence electrons. The normalized spacial score (nSPS) is 10.9. The van der Waals surface area contributed by atoms with Gasteiger partial charge in [0.05, 0.1) is 17.5 Å². The lowest BCUT2D eigenvalue weighted by atomic mass is 10.3. The van der Waals surface area contributed by atoms with Gasteiger partial charge in [-0.1, -0.05) is 0 Å². The zero-order valence-corrected chi connectivity index (χ0v) is 11.5. The Labute approximate surface area is 111 Å². The Morgan fingerprint density at radius 3 is 2.58 bits per heavy atom. The summed E-state index contributed by atoms with van der Waals surface area (Å²) in [7, 11) is 0. The molecule has 0 amide bonds. The van der Waals surface area contributed by atoms with Gasteiger partial charge in [0.1, 0.15) is 5.69 Å². The summed E-state index contributed by atoms with van der Waals surface area (Å²) in [5.41, 5.74) is 1.14. The number of fused-ring (bicyclic) bond motifs is 1. The number of carbonyl (C=O) groups is 1. The second-order valence-electron chi connectivity index (χ2n) is 4.20. The van der Waals surface area contributed by atoms with E-state index < -0.39 is 0 Å². The molecular formula is C14H18N2O3. The van der Waals surface area contributed by atoms with E-state index in [9.17, 15) is 9.59 Å². The first-order valence-electron chi connectivity index (χ1n) is 6.53. The smallest absolute Gasteiger partial charge is 0.354 e. The van der Waals surface area contributed by atoms with Crippen LogP contribution in [0.15, 0.2) is 23.1 Å². The van der Waals surface area contributed by atoms with Crippen molar-refractivity contribution in [1.29, 1.82) is 0 Å². The molecule has 0 radical (unpaired) electrons. The molecule has 2 rings (SSSR count). The van der Waals surface area contributed by atoms with E-state index in [1.54, 1.807) is 23.8 Å². The minimum atomic E-state index is -0.386. The predicted octanol–water partition coefficient (Wildman–Crippen LogP) is 2.02. The van der Waals surface area contributed by atoms with Crippen molar-refractivity contribution in [2.24, 2.45) is 0 Å². The van der Waals surface area contributed by atoms with E-state index in [1.807, 2.05) is 24.5 Å². The molecule has 0 saturated heterocycles. The number of hydrogen-bond donors (Lipinski definition) is 0. The molecule has 0 saturated carbocycles. The van der Waals surface area contributed by atoms with Gasteiger partial charge in [-0.3, -0.25) is 4.79 Å². The molecule has 0 atom stereocenters. The summed E-state index contributed by atoms with van der Waals surface area (Å²) in [6.07, 6.45) is 1.76. The number of rotatable bonds is 4. The maximum atomic E-state index is 12.2. The lowest BCUT2D eigenvalue weighted by Gasteiger charge is -2.07. The first kappa shape index (κ1) is 13.4. The van der Waals surface area contributed by atoms with Crippen LogP contribution in [0.1, 0.15) is 31.3 Å². The molecule has 0 fully saturated rings. The zero-order valence-electron chi connectivity index (χ0n) is 11.5. The van der Waals surface area contributed by atoms with Crippen molar-refractivity contribution < 1.29 is 9.53 Å². The maximum Gasteiger partial charge on any atom is 0.354 e. The summed E-state index contributed by atoms with van der Waals surface area (Å²) in [6, 6.07) is 3.50. The van der Waals surface area contributed by atoms with Crippen molar-refractivity contribution in [3.8, 4) is 0 Å². The lowest BCUT2D eigenvalue weighted by Crippen LogP contribution is -2.17. The minimum absolute atomic E-state index is 0.0715. The first-order valence-corrected chi connectivity index (χ1v) is 6.53. The van der Waals surface area contributed by atoms with Crippen LogP contribution in [0.25, 0.3) is 10.9 Å². The van der Waals surface area contributed by atoms with Crippen LogP contribution in [0.3, 0.4) is 0 Å². The summed E-state index contributed by atoms with van der Waals surface area (Å²) in [6.45, 7) is 7.17. The fourth-order valence-corrected chi connectivity index (χ4v) is 2.26. The van der Waals surface area contributed by atoms with Gasteiger partial charge in [-0.15, -0.1) is 0 Å². The van der Waals surface area contributed by atoms with E-state index in [0.717, 1.165) is 5.52 Å². The molecular weight excluding hydrogens is 244 g/mol. The SMILES string of the molecule is CCOC(=O)c1cc2c(=O)n(CC)ccc2n1CC. The Bertz CT molecular complexity index is 667. The van der Waals surface area contributed by atoms with Gasteiger partial charge in [0, 0.05) is 19.3 Å². The average molecular weight is 262 g/mol. The van der Waals surface area contributed by atoms with Crippen molar-refractivity contribution in [1.82, 2.24) is 9.13 Å². The van der Waals surface area contributed by atoms with E-state index in [2.05, 4.69) is 0 Å². The monoisotopic (exact) mass is 262 g/mol. The number of carbonyl (C=O) groups excluding carboxylic acids is 1. The summed E-state index contributed by atoms with van der Waals surface area (Å²) in [5, 5.41) is 0.564. The molecule has 0 N–H and O–H groups in total. The van der Waals surface area contributed by atoms with Gasteiger partial charge in [0.2, 0.25) is 0 Å². The van der Waals surface area contributed by atoms with Gasteiger partial charge in [-0.25, -0.2) is 4.79 Å². The summed E-state index contributed by atoms with van der Waals surface area (Å²) >= 11 is 0. The fourth-order valence-electron chi connectivity index (χ4n) is 2.26. The Morgan fingerprint density at radius 2 is 2.00 bits per heavy atom. The Morgan fingerprint density at radius 1 is 1.26 bits per heavy atom. The van der Waals surface area contributed by atoms with Crippen LogP contribution in [0.4, 0.5) is 0 Å². The number of aryl methyl sites for hydroxylation is 2. The van der Waals surface area contributed by atoms with Gasteiger partial charge in [0.15, 0.2) is 0 Å². The van der Waals surface area contributed by atoms with Crippen LogP contribution in [0.2, 0.25) is 0 Å². The average Bonchev–Trinajstić information content (AvgIpc) is 2.79. The Kier molecular flexibility index (Phi) is 3.74. The van der Waals surface area contributed by atoms with E-state index >= 15 is 0 Å². The van der Waals surface area contributed by atoms with Crippen LogP contribution in [0, 0.1) is 0 Å². The van der Waals surface area contributed by atoms with Crippen molar-refractivity contribution in [3.63, 3.8) is 0 Å². The van der Waals surface area contributed by atoms with E-state index in [1.165, 1.54) is 0 Å². The lowest BCUT2D eigenvalue weighted by molar-refractivity contribution is 0.0514. The van der Waals surface area contributed by atoms with Gasteiger partial charge < -0.3 is 13.9 Å². The van der Waals surface area contributed by atoms with Gasteiger partial charge in [-0.2, -0.15) is 0 Å². The quantitative estimate of drug-likeness (QED) is 0.792. The van der Waals surface area contributed by atoms with Gasteiger partial charge in [0.25, 0.3) is 5.56 Å². The minimum Gasteiger partial charge on any atom is -0.461 e. The third kappa shape index (κ3) is 2.16. The predicted molar refractivity (Wildman–Crippen MR) is 73.5 cm³/mol. The van der Waals surface area contributed by atoms with Crippen molar-refractivity contribution >= 4 is 16.9 Å². The number of pyridine rings is 1. The number of aromatic nitrogens is 2. The van der Waals surface area contributed by atoms with Crippen molar-refractivity contribution in [2.45, 2.75) is 33.9 Å². The number of hydrogen-bond acceptors (Lipinski definition) is 3. The molecule has 0 aliphatic heterocycles. The molecule has 0 spiro atoms. The topological polar surface area (TPSA) is 53.2 Å². The van der Waals surface area contributed by atoms with E-state index in [4.69, 9.17) is 4.74 Å². The largest absolute Gasteiger partial charge is 0.461 e. The molecule has 2 aromatic heterocycles. The molecule has 19 heavy (non-hydrogen) atoms. The highest BCUT2D eigenvalue weighted by Gasteiger charge is 2.17. The van der Waals surface area contributed by atoms with Gasteiger partial charge in [-0.05, 0) is 32.9 Å². The third-order valence-electron chi connectivity index (χ3n) is 3.18. The third-order valence-corrected chi connectivity index (χ3v) is 3.18. The second kappa shape index (κ2) is 5.30. The maximum absolute atomic E-state index is 12.2. The van der Waals surface area contributed by atoms with Crippen LogP contribution >= 0.6 is 0 Å². The molecule has 5 nitrogen and oxygen atoms in total. The van der Waals surface area contributed by atoms with Crippen LogP contribution in [0.5, 0.6) is 0 Å². The second-order valence-corrected chi connectivity index (χ2v) is 4.20. The van der Waals surface area contributed by atoms with E-state index in [0.29, 0.717) is 30.8 Å². The molecule has 2 aromatic rings. The Balaban J connectivity index is 2.70. The van der Waals surface area contributed by atoms with Crippen LogP contribution < -0.4 is 5.56 Å². The highest BCUT2D eigenvalue weighted by atomic mass is 16.5. The van der Waals surface area contributed by atoms with Crippen LogP contribution in [-0.4, -0.2) is 21.7 Å². The van der Waals surface area contributed by atoms with Crippen LogP contribution in [-0.2, 0) is 17.8 Å². The first-order chi connectivity index (χ1) is 9.13. The summed E-state index contributed by atoms with van der Waals surface area (Å²) in [5.74, 6) is -0.386. The highest BCUT2D eigenvalue weighted by molar-refractivity contribution is 5.95. The molecule has 0 bridgehead atoms.